The van der Waals surface area contributed by atoms with E-state index in [0.717, 1.165) is 25.0 Å². The maximum atomic E-state index is 12.0. The van der Waals surface area contributed by atoms with Crippen LogP contribution in [0, 0.1) is 0 Å². The van der Waals surface area contributed by atoms with Crippen LogP contribution in [-0.4, -0.2) is 62.0 Å². The molecule has 0 bridgehead atoms. The Morgan fingerprint density at radius 1 is 1.56 bits per heavy atom. The zero-order valence-corrected chi connectivity index (χ0v) is 13.5. The maximum Gasteiger partial charge on any atom is 0.152 e. The van der Waals surface area contributed by atoms with E-state index in [1.165, 1.54) is 6.26 Å². The molecule has 0 radical (unpaired) electrons. The van der Waals surface area contributed by atoms with Gasteiger partial charge in [-0.1, -0.05) is 6.42 Å². The maximum absolute atomic E-state index is 12.0. The van der Waals surface area contributed by atoms with Gasteiger partial charge in [-0.05, 0) is 33.1 Å². The molecule has 3 atom stereocenters. The molecule has 0 aromatic rings. The fraction of sp³-hybridized carbons (Fsp3) is 1.00. The third kappa shape index (κ3) is 3.03. The Labute approximate surface area is 116 Å². The minimum Gasteiger partial charge on any atom is -0.329 e. The number of nitrogens with two attached hydrogens (primary N) is 1. The Kier molecular flexibility index (Phi) is 5.53. The standard InChI is InChI=1S/C12H26N2O2S2/c1-10(8-17-3)14(2)12(9-13)7-5-6-11(12)18(4,15)16/h10-11H,5-9,13H2,1-4H3. The summed E-state index contributed by atoms with van der Waals surface area (Å²) in [5, 5.41) is -0.315. The number of likely N-dealkylation sites (N-methyl/N-ethyl adjacent to an activating group) is 1. The van der Waals surface area contributed by atoms with E-state index in [1.54, 1.807) is 11.8 Å². The SMILES string of the molecule is CSCC(C)N(C)C1(CN)CCCC1S(C)(=O)=O. The molecule has 18 heavy (non-hydrogen) atoms. The van der Waals surface area contributed by atoms with Crippen LogP contribution in [0.25, 0.3) is 0 Å². The fourth-order valence-corrected chi connectivity index (χ4v) is 5.69. The van der Waals surface area contributed by atoms with E-state index in [-0.39, 0.29) is 10.8 Å². The van der Waals surface area contributed by atoms with Crippen LogP contribution < -0.4 is 5.73 Å². The van der Waals surface area contributed by atoms with Crippen molar-refractivity contribution in [1.82, 2.24) is 4.90 Å². The fourth-order valence-electron chi connectivity index (χ4n) is 3.21. The van der Waals surface area contributed by atoms with Gasteiger partial charge in [0.25, 0.3) is 0 Å². The second-order valence-electron chi connectivity index (χ2n) is 5.43. The van der Waals surface area contributed by atoms with Gasteiger partial charge in [0, 0.05) is 30.1 Å². The van der Waals surface area contributed by atoms with E-state index < -0.39 is 9.84 Å². The minimum absolute atomic E-state index is 0.315. The van der Waals surface area contributed by atoms with Gasteiger partial charge >= 0.3 is 0 Å². The Hall–Kier alpha value is 0.220. The van der Waals surface area contributed by atoms with Crippen molar-refractivity contribution in [1.29, 1.82) is 0 Å². The molecule has 3 unspecified atom stereocenters. The van der Waals surface area contributed by atoms with Gasteiger partial charge in [0.05, 0.1) is 5.25 Å². The van der Waals surface area contributed by atoms with Gasteiger partial charge in [-0.3, -0.25) is 4.90 Å². The van der Waals surface area contributed by atoms with E-state index >= 15 is 0 Å². The summed E-state index contributed by atoms with van der Waals surface area (Å²) in [4.78, 5) is 2.21. The monoisotopic (exact) mass is 294 g/mol. The van der Waals surface area contributed by atoms with Crippen molar-refractivity contribution in [3.05, 3.63) is 0 Å². The predicted molar refractivity (Wildman–Crippen MR) is 79.9 cm³/mol. The summed E-state index contributed by atoms with van der Waals surface area (Å²) in [5.41, 5.74) is 5.61. The van der Waals surface area contributed by atoms with Gasteiger partial charge in [0.15, 0.2) is 9.84 Å². The number of hydrogen-bond acceptors (Lipinski definition) is 5. The molecule has 108 valence electrons. The molecule has 0 spiro atoms. The number of thioether (sulfide) groups is 1. The molecule has 0 aliphatic heterocycles. The summed E-state index contributed by atoms with van der Waals surface area (Å²) >= 11 is 1.78. The van der Waals surface area contributed by atoms with E-state index in [9.17, 15) is 8.42 Å². The second-order valence-corrected chi connectivity index (χ2v) is 8.57. The van der Waals surface area contributed by atoms with E-state index in [4.69, 9.17) is 5.73 Å². The van der Waals surface area contributed by atoms with Crippen molar-refractivity contribution in [3.63, 3.8) is 0 Å². The molecule has 0 amide bonds. The van der Waals surface area contributed by atoms with Crippen LogP contribution in [0.1, 0.15) is 26.2 Å². The number of hydrogen-bond donors (Lipinski definition) is 1. The van der Waals surface area contributed by atoms with Crippen molar-refractivity contribution in [2.45, 2.75) is 43.0 Å². The predicted octanol–water partition coefficient (Wildman–Crippen LogP) is 0.964. The zero-order chi connectivity index (χ0) is 14.0. The molecule has 0 heterocycles. The summed E-state index contributed by atoms with van der Waals surface area (Å²) in [5.74, 6) is 0.995. The van der Waals surface area contributed by atoms with Crippen molar-refractivity contribution < 1.29 is 8.42 Å². The highest BCUT2D eigenvalue weighted by atomic mass is 32.2. The molecule has 2 N–H and O–H groups in total. The molecular formula is C12H26N2O2S2. The second kappa shape index (κ2) is 6.11. The molecule has 0 aromatic heterocycles. The van der Waals surface area contributed by atoms with Gasteiger partial charge in [0.2, 0.25) is 0 Å². The number of nitrogens with zero attached hydrogens (tertiary/aromatic N) is 1. The van der Waals surface area contributed by atoms with E-state index in [1.807, 2.05) is 7.05 Å². The van der Waals surface area contributed by atoms with Crippen LogP contribution in [0.3, 0.4) is 0 Å². The molecule has 1 aliphatic carbocycles. The Morgan fingerprint density at radius 3 is 2.61 bits per heavy atom. The molecule has 1 rings (SSSR count). The minimum atomic E-state index is -3.04. The highest BCUT2D eigenvalue weighted by molar-refractivity contribution is 7.98. The van der Waals surface area contributed by atoms with E-state index in [2.05, 4.69) is 18.1 Å². The summed E-state index contributed by atoms with van der Waals surface area (Å²) in [6.07, 6.45) is 6.00. The molecule has 6 heteroatoms. The van der Waals surface area contributed by atoms with Gasteiger partial charge in [0.1, 0.15) is 0 Å². The normalized spacial score (nSPS) is 30.9. The highest BCUT2D eigenvalue weighted by Gasteiger charge is 2.50. The van der Waals surface area contributed by atoms with Gasteiger partial charge in [-0.25, -0.2) is 8.42 Å². The van der Waals surface area contributed by atoms with Gasteiger partial charge in [-0.2, -0.15) is 11.8 Å². The average molecular weight is 294 g/mol. The molecule has 4 nitrogen and oxygen atoms in total. The first-order valence-electron chi connectivity index (χ1n) is 6.40. The third-order valence-electron chi connectivity index (χ3n) is 4.32. The Balaban J connectivity index is 3.04. The Morgan fingerprint density at radius 2 is 2.17 bits per heavy atom. The summed E-state index contributed by atoms with van der Waals surface area (Å²) in [6, 6.07) is 0.339. The van der Waals surface area contributed by atoms with Crippen molar-refractivity contribution >= 4 is 21.6 Å². The smallest absolute Gasteiger partial charge is 0.152 e. The lowest BCUT2D eigenvalue weighted by atomic mass is 9.94. The molecule has 1 saturated carbocycles. The molecular weight excluding hydrogens is 268 g/mol. The number of rotatable bonds is 6. The van der Waals surface area contributed by atoms with Crippen molar-refractivity contribution in [2.75, 3.05) is 31.9 Å². The average Bonchev–Trinajstić information content (AvgIpc) is 2.73. The quantitative estimate of drug-likeness (QED) is 0.791. The first-order valence-corrected chi connectivity index (χ1v) is 9.75. The highest BCUT2D eigenvalue weighted by Crippen LogP contribution is 2.39. The van der Waals surface area contributed by atoms with E-state index in [0.29, 0.717) is 12.6 Å². The van der Waals surface area contributed by atoms with Crippen LogP contribution in [0.15, 0.2) is 0 Å². The molecule has 0 saturated heterocycles. The lowest BCUT2D eigenvalue weighted by Gasteiger charge is -2.45. The van der Waals surface area contributed by atoms with Gasteiger partial charge < -0.3 is 5.73 Å². The summed E-state index contributed by atoms with van der Waals surface area (Å²) in [7, 11) is -1.02. The first kappa shape index (κ1) is 16.3. The van der Waals surface area contributed by atoms with Crippen molar-refractivity contribution in [2.24, 2.45) is 5.73 Å². The largest absolute Gasteiger partial charge is 0.329 e. The third-order valence-corrected chi connectivity index (χ3v) is 6.84. The summed E-state index contributed by atoms with van der Waals surface area (Å²) in [6.45, 7) is 2.56. The Bertz CT molecular complexity index is 372. The van der Waals surface area contributed by atoms with Crippen LogP contribution in [-0.2, 0) is 9.84 Å². The van der Waals surface area contributed by atoms with Crippen LogP contribution in [0.4, 0.5) is 0 Å². The zero-order valence-electron chi connectivity index (χ0n) is 11.8. The van der Waals surface area contributed by atoms with Crippen molar-refractivity contribution in [3.8, 4) is 0 Å². The molecule has 1 fully saturated rings. The van der Waals surface area contributed by atoms with Gasteiger partial charge in [-0.15, -0.1) is 0 Å². The van der Waals surface area contributed by atoms with Crippen LogP contribution >= 0.6 is 11.8 Å². The lowest BCUT2D eigenvalue weighted by molar-refractivity contribution is 0.102. The summed E-state index contributed by atoms with van der Waals surface area (Å²) < 4.78 is 24.0. The van der Waals surface area contributed by atoms with Crippen LogP contribution in [0.2, 0.25) is 0 Å². The first-order chi connectivity index (χ1) is 8.29. The molecule has 1 aliphatic rings. The molecule has 0 aromatic carbocycles. The topological polar surface area (TPSA) is 63.4 Å². The number of sulfone groups is 1. The lowest BCUT2D eigenvalue weighted by Crippen LogP contribution is -2.61. The van der Waals surface area contributed by atoms with Crippen LogP contribution in [0.5, 0.6) is 0 Å².